The number of hydrogen-bond acceptors (Lipinski definition) is 6. The Bertz CT molecular complexity index is 1590. The van der Waals surface area contributed by atoms with E-state index in [1.165, 1.54) is 15.2 Å². The van der Waals surface area contributed by atoms with Crippen LogP contribution in [0.15, 0.2) is 15.8 Å². The lowest BCUT2D eigenvalue weighted by molar-refractivity contribution is 0.643. The van der Waals surface area contributed by atoms with Crippen LogP contribution in [-0.4, -0.2) is 29.2 Å². The number of nitriles is 2. The molecule has 0 fully saturated rings. The van der Waals surface area contributed by atoms with E-state index in [1.807, 2.05) is 26.8 Å². The van der Waals surface area contributed by atoms with Gasteiger partial charge in [-0.3, -0.25) is 9.59 Å². The summed E-state index contributed by atoms with van der Waals surface area (Å²) in [6.45, 7) is 7.56. The summed E-state index contributed by atoms with van der Waals surface area (Å²) in [6.07, 6.45) is 3.78. The van der Waals surface area contributed by atoms with Crippen LogP contribution in [0.5, 0.6) is 0 Å². The zero-order valence-electron chi connectivity index (χ0n) is 19.0. The summed E-state index contributed by atoms with van der Waals surface area (Å²) < 4.78 is 2.49. The molecule has 2 N–H and O–H groups in total. The molecule has 0 radical (unpaired) electrons. The highest BCUT2D eigenvalue weighted by molar-refractivity contribution is 5.58. The van der Waals surface area contributed by atoms with Crippen LogP contribution in [-0.2, 0) is 12.8 Å². The van der Waals surface area contributed by atoms with Gasteiger partial charge in [0.25, 0.3) is 11.1 Å². The van der Waals surface area contributed by atoms with Crippen LogP contribution in [0.3, 0.4) is 0 Å². The molecule has 0 saturated heterocycles. The van der Waals surface area contributed by atoms with Crippen molar-refractivity contribution in [3.63, 3.8) is 0 Å². The van der Waals surface area contributed by atoms with Gasteiger partial charge in [-0.05, 0) is 39.0 Å². The lowest BCUT2D eigenvalue weighted by Crippen LogP contribution is -2.24. The van der Waals surface area contributed by atoms with Crippen molar-refractivity contribution in [3.8, 4) is 12.1 Å². The van der Waals surface area contributed by atoms with Crippen LogP contribution in [0.1, 0.15) is 71.9 Å². The normalized spacial score (nSPS) is 12.2. The molecule has 4 heterocycles. The van der Waals surface area contributed by atoms with Crippen molar-refractivity contribution in [3.05, 3.63) is 66.2 Å². The SMILES string of the molecule is CCCc1c(C)[nH]c2c(C#N)c(CCC(C)c3c(C)[nH]c4c(C#N)cnn4c3=O)nn2c1=O. The number of aromatic nitrogens is 6. The topological polar surface area (TPSA) is 148 Å². The maximum atomic E-state index is 13.0. The highest BCUT2D eigenvalue weighted by Gasteiger charge is 2.22. The first-order valence-corrected chi connectivity index (χ1v) is 10.9. The van der Waals surface area contributed by atoms with Gasteiger partial charge in [-0.25, -0.2) is 0 Å². The third-order valence-electron chi connectivity index (χ3n) is 6.11. The maximum absolute atomic E-state index is 13.0. The summed E-state index contributed by atoms with van der Waals surface area (Å²) in [5.41, 5.74) is 4.12. The average Bonchev–Trinajstić information content (AvgIpc) is 3.36. The fourth-order valence-corrected chi connectivity index (χ4v) is 4.41. The molecule has 0 aromatic carbocycles. The van der Waals surface area contributed by atoms with Crippen LogP contribution in [0.2, 0.25) is 0 Å². The molecule has 4 aromatic rings. The Morgan fingerprint density at radius 3 is 2.42 bits per heavy atom. The zero-order valence-corrected chi connectivity index (χ0v) is 19.0. The Morgan fingerprint density at radius 1 is 1.03 bits per heavy atom. The molecule has 4 rings (SSSR count). The molecule has 0 spiro atoms. The Morgan fingerprint density at radius 2 is 1.76 bits per heavy atom. The van der Waals surface area contributed by atoms with Gasteiger partial charge in [0.05, 0.1) is 11.9 Å². The number of nitrogens with one attached hydrogen (secondary N) is 2. The Kier molecular flexibility index (Phi) is 5.60. The summed E-state index contributed by atoms with van der Waals surface area (Å²) in [5, 5.41) is 27.5. The standard InChI is InChI=1S/C23H24N8O2/c1-5-6-16-13(3)27-21-17(10-25)18(29-31(21)22(16)32)8-7-12(2)19-14(4)28-20-15(9-24)11-26-30(20)23(19)33/h11-12,27-28H,5-8H2,1-4H3. The van der Waals surface area contributed by atoms with Gasteiger partial charge in [-0.2, -0.15) is 29.8 Å². The first-order valence-electron chi connectivity index (χ1n) is 10.9. The maximum Gasteiger partial charge on any atom is 0.278 e. The average molecular weight is 444 g/mol. The van der Waals surface area contributed by atoms with E-state index >= 15 is 0 Å². The number of fused-ring (bicyclic) bond motifs is 2. The van der Waals surface area contributed by atoms with E-state index in [0.717, 1.165) is 12.1 Å². The van der Waals surface area contributed by atoms with Gasteiger partial charge in [0.15, 0.2) is 11.3 Å². The van der Waals surface area contributed by atoms with Crippen LogP contribution >= 0.6 is 0 Å². The highest BCUT2D eigenvalue weighted by atomic mass is 16.1. The first-order chi connectivity index (χ1) is 15.8. The Labute approximate surface area is 189 Å². The summed E-state index contributed by atoms with van der Waals surface area (Å²) in [6, 6.07) is 4.20. The molecule has 1 atom stereocenters. The molecule has 4 aromatic heterocycles. The van der Waals surface area contributed by atoms with E-state index in [1.54, 1.807) is 6.92 Å². The van der Waals surface area contributed by atoms with E-state index in [9.17, 15) is 20.1 Å². The summed E-state index contributed by atoms with van der Waals surface area (Å²) in [7, 11) is 0. The minimum atomic E-state index is -0.277. The van der Waals surface area contributed by atoms with E-state index in [4.69, 9.17) is 0 Å². The molecule has 0 saturated carbocycles. The van der Waals surface area contributed by atoms with Crippen molar-refractivity contribution in [1.29, 1.82) is 10.5 Å². The minimum Gasteiger partial charge on any atom is -0.342 e. The fraction of sp³-hybridized carbons (Fsp3) is 0.391. The second-order valence-electron chi connectivity index (χ2n) is 8.32. The van der Waals surface area contributed by atoms with Crippen molar-refractivity contribution < 1.29 is 0 Å². The zero-order chi connectivity index (χ0) is 23.9. The van der Waals surface area contributed by atoms with Gasteiger partial charge in [0.1, 0.15) is 23.3 Å². The molecule has 1 unspecified atom stereocenters. The Hall–Kier alpha value is -4.18. The molecule has 0 bridgehead atoms. The van der Waals surface area contributed by atoms with Gasteiger partial charge in [-0.1, -0.05) is 20.3 Å². The minimum absolute atomic E-state index is 0.169. The predicted octanol–water partition coefficient (Wildman–Crippen LogP) is 2.41. The molecular formula is C23H24N8O2. The molecule has 10 nitrogen and oxygen atoms in total. The molecular weight excluding hydrogens is 420 g/mol. The monoisotopic (exact) mass is 444 g/mol. The molecule has 0 aliphatic carbocycles. The van der Waals surface area contributed by atoms with Gasteiger partial charge in [0, 0.05) is 22.5 Å². The van der Waals surface area contributed by atoms with Crippen LogP contribution in [0.4, 0.5) is 0 Å². The van der Waals surface area contributed by atoms with E-state index < -0.39 is 0 Å². The Balaban J connectivity index is 1.70. The fourth-order valence-electron chi connectivity index (χ4n) is 4.41. The summed E-state index contributed by atoms with van der Waals surface area (Å²) in [4.78, 5) is 32.2. The molecule has 33 heavy (non-hydrogen) atoms. The second kappa shape index (κ2) is 8.40. The van der Waals surface area contributed by atoms with Gasteiger partial charge in [0.2, 0.25) is 0 Å². The number of hydrogen-bond donors (Lipinski definition) is 2. The summed E-state index contributed by atoms with van der Waals surface area (Å²) >= 11 is 0. The molecule has 168 valence electrons. The molecule has 10 heteroatoms. The lowest BCUT2D eigenvalue weighted by atomic mass is 9.94. The van der Waals surface area contributed by atoms with E-state index in [0.29, 0.717) is 64.2 Å². The van der Waals surface area contributed by atoms with Crippen molar-refractivity contribution in [1.82, 2.24) is 29.2 Å². The lowest BCUT2D eigenvalue weighted by Gasteiger charge is -2.13. The van der Waals surface area contributed by atoms with Crippen molar-refractivity contribution >= 4 is 11.3 Å². The second-order valence-corrected chi connectivity index (χ2v) is 8.32. The largest absolute Gasteiger partial charge is 0.342 e. The number of nitrogens with zero attached hydrogens (tertiary/aromatic N) is 6. The quantitative estimate of drug-likeness (QED) is 0.466. The first kappa shape index (κ1) is 22.0. The number of aryl methyl sites for hydroxylation is 3. The van der Waals surface area contributed by atoms with E-state index in [2.05, 4.69) is 26.2 Å². The smallest absolute Gasteiger partial charge is 0.278 e. The number of aromatic amines is 2. The van der Waals surface area contributed by atoms with Crippen molar-refractivity contribution in [2.75, 3.05) is 0 Å². The number of H-pyrrole nitrogens is 2. The third-order valence-corrected chi connectivity index (χ3v) is 6.11. The predicted molar refractivity (Wildman–Crippen MR) is 121 cm³/mol. The molecule has 0 aliphatic heterocycles. The number of rotatable bonds is 6. The molecule has 0 amide bonds. The van der Waals surface area contributed by atoms with Gasteiger partial charge >= 0.3 is 0 Å². The van der Waals surface area contributed by atoms with Crippen molar-refractivity contribution in [2.24, 2.45) is 0 Å². The van der Waals surface area contributed by atoms with E-state index in [-0.39, 0.29) is 17.0 Å². The molecule has 0 aliphatic rings. The van der Waals surface area contributed by atoms with Crippen LogP contribution in [0.25, 0.3) is 11.3 Å². The van der Waals surface area contributed by atoms with Gasteiger partial charge in [-0.15, -0.1) is 0 Å². The summed E-state index contributed by atoms with van der Waals surface area (Å²) in [5.74, 6) is -0.169. The van der Waals surface area contributed by atoms with Gasteiger partial charge < -0.3 is 9.97 Å². The third kappa shape index (κ3) is 3.50. The van der Waals surface area contributed by atoms with Crippen LogP contribution < -0.4 is 11.1 Å². The highest BCUT2D eigenvalue weighted by Crippen LogP contribution is 2.23. The van der Waals surface area contributed by atoms with Crippen LogP contribution in [0, 0.1) is 36.5 Å². The van der Waals surface area contributed by atoms with Crippen molar-refractivity contribution in [2.45, 2.75) is 59.3 Å².